The monoisotopic (exact) mass is 328 g/mol. The van der Waals surface area contributed by atoms with Gasteiger partial charge in [-0.2, -0.15) is 0 Å². The van der Waals surface area contributed by atoms with Gasteiger partial charge in [0.2, 0.25) is 5.91 Å². The van der Waals surface area contributed by atoms with Gasteiger partial charge in [0.25, 0.3) is 0 Å². The molecule has 0 aromatic heterocycles. The summed E-state index contributed by atoms with van der Waals surface area (Å²) in [5.74, 6) is -0.108. The average Bonchev–Trinajstić information content (AvgIpc) is 2.29. The van der Waals surface area contributed by atoms with E-state index in [1.54, 1.807) is 13.8 Å². The van der Waals surface area contributed by atoms with Crippen LogP contribution in [0.3, 0.4) is 0 Å². The van der Waals surface area contributed by atoms with Gasteiger partial charge in [-0.15, -0.1) is 0 Å². The zero-order chi connectivity index (χ0) is 16.8. The number of nitrogens with one attached hydrogen (secondary N) is 1. The third-order valence-electron chi connectivity index (χ3n) is 4.48. The zero-order valence-electron chi connectivity index (χ0n) is 14.7. The van der Waals surface area contributed by atoms with Crippen LogP contribution in [0.4, 0.5) is 0 Å². The Bertz CT molecular complexity index is 392. The van der Waals surface area contributed by atoms with E-state index in [1.165, 1.54) is 50.8 Å². The third-order valence-corrected chi connectivity index (χ3v) is 5.89. The van der Waals surface area contributed by atoms with Gasteiger partial charge in [-0.1, -0.05) is 43.9 Å². The van der Waals surface area contributed by atoms with Crippen molar-refractivity contribution in [1.29, 1.82) is 0 Å². The number of amides is 1. The number of aliphatic imine (C=N–C) groups is 1. The molecule has 1 aliphatic rings. The number of thioether (sulfide) groups is 1. The second-order valence-corrected chi connectivity index (χ2v) is 8.90. The lowest BCUT2D eigenvalue weighted by atomic mass is 9.94. The zero-order valence-corrected chi connectivity index (χ0v) is 15.6. The molecular formula is C17H32N2O2S. The molecule has 1 aliphatic carbocycles. The number of hydrogen-bond donors (Lipinski definition) is 2. The molecule has 1 rings (SSSR count). The van der Waals surface area contributed by atoms with E-state index in [9.17, 15) is 9.90 Å². The molecule has 0 spiro atoms. The Morgan fingerprint density at radius 3 is 2.05 bits per heavy atom. The standard InChI is InChI=1S/C17H32N2O2S/c1-13(20)18-15(22-17(4,5)16(2,3)21)19-14-11-9-7-6-8-10-12-14/h14,21H,6-12H2,1-5H3,(H,18,19,20). The van der Waals surface area contributed by atoms with Crippen molar-refractivity contribution in [2.24, 2.45) is 4.99 Å². The Hall–Kier alpha value is -0.550. The number of carbonyl (C=O) groups is 1. The minimum absolute atomic E-state index is 0.108. The first-order valence-corrected chi connectivity index (χ1v) is 9.20. The van der Waals surface area contributed by atoms with Crippen LogP contribution in [0.25, 0.3) is 0 Å². The number of carbonyl (C=O) groups excluding carboxylic acids is 1. The molecule has 128 valence electrons. The third kappa shape index (κ3) is 6.69. The predicted molar refractivity (Wildman–Crippen MR) is 95.3 cm³/mol. The van der Waals surface area contributed by atoms with E-state index in [1.807, 2.05) is 13.8 Å². The van der Waals surface area contributed by atoms with Crippen LogP contribution < -0.4 is 5.32 Å². The first-order chi connectivity index (χ1) is 10.1. The summed E-state index contributed by atoms with van der Waals surface area (Å²) in [5, 5.41) is 13.8. The number of nitrogens with zero attached hydrogens (tertiary/aromatic N) is 1. The van der Waals surface area contributed by atoms with Gasteiger partial charge in [-0.3, -0.25) is 9.79 Å². The molecule has 1 amide bonds. The molecule has 1 fully saturated rings. The number of rotatable bonds is 3. The van der Waals surface area contributed by atoms with Crippen molar-refractivity contribution in [3.05, 3.63) is 0 Å². The van der Waals surface area contributed by atoms with Crippen molar-refractivity contribution in [2.75, 3.05) is 0 Å². The largest absolute Gasteiger partial charge is 0.389 e. The van der Waals surface area contributed by atoms with Crippen LogP contribution in [-0.4, -0.2) is 32.6 Å². The molecule has 0 aromatic carbocycles. The summed E-state index contributed by atoms with van der Waals surface area (Å²) in [6, 6.07) is 0.284. The van der Waals surface area contributed by atoms with Crippen LogP contribution in [0.15, 0.2) is 4.99 Å². The fourth-order valence-corrected chi connectivity index (χ4v) is 3.46. The Labute approximate surface area is 139 Å². The average molecular weight is 329 g/mol. The van der Waals surface area contributed by atoms with Gasteiger partial charge in [-0.25, -0.2) is 0 Å². The van der Waals surface area contributed by atoms with E-state index in [-0.39, 0.29) is 11.9 Å². The highest BCUT2D eigenvalue weighted by Crippen LogP contribution is 2.36. The van der Waals surface area contributed by atoms with Gasteiger partial charge in [0.1, 0.15) is 0 Å². The molecule has 2 N–H and O–H groups in total. The van der Waals surface area contributed by atoms with Crippen molar-refractivity contribution in [3.8, 4) is 0 Å². The fourth-order valence-electron chi connectivity index (χ4n) is 2.33. The highest BCUT2D eigenvalue weighted by Gasteiger charge is 2.37. The van der Waals surface area contributed by atoms with Crippen LogP contribution in [0.1, 0.15) is 79.6 Å². The van der Waals surface area contributed by atoms with Crippen molar-refractivity contribution in [3.63, 3.8) is 0 Å². The van der Waals surface area contributed by atoms with Crippen LogP contribution in [-0.2, 0) is 4.79 Å². The normalized spacial score (nSPS) is 19.5. The second kappa shape index (κ2) is 8.34. The molecular weight excluding hydrogens is 296 g/mol. The van der Waals surface area contributed by atoms with Gasteiger partial charge in [0.05, 0.1) is 11.6 Å². The van der Waals surface area contributed by atoms with Gasteiger partial charge >= 0.3 is 0 Å². The molecule has 0 aliphatic heterocycles. The minimum atomic E-state index is -0.863. The maximum absolute atomic E-state index is 11.5. The molecule has 0 atom stereocenters. The minimum Gasteiger partial charge on any atom is -0.389 e. The molecule has 0 bridgehead atoms. The molecule has 0 radical (unpaired) electrons. The summed E-state index contributed by atoms with van der Waals surface area (Å²) in [6.45, 7) is 9.05. The maximum Gasteiger partial charge on any atom is 0.222 e. The fraction of sp³-hybridized carbons (Fsp3) is 0.882. The van der Waals surface area contributed by atoms with Crippen LogP contribution in [0, 0.1) is 0 Å². The smallest absolute Gasteiger partial charge is 0.222 e. The summed E-state index contributed by atoms with van der Waals surface area (Å²) < 4.78 is -0.435. The number of amidine groups is 1. The Kier molecular flexibility index (Phi) is 7.39. The number of aliphatic hydroxyl groups is 1. The first-order valence-electron chi connectivity index (χ1n) is 8.38. The SMILES string of the molecule is CC(=O)NC(=NC1CCCCCCC1)SC(C)(C)C(C)(C)O. The predicted octanol–water partition coefficient (Wildman–Crippen LogP) is 3.87. The lowest BCUT2D eigenvalue weighted by molar-refractivity contribution is -0.117. The van der Waals surface area contributed by atoms with Crippen molar-refractivity contribution in [2.45, 2.75) is 96.0 Å². The van der Waals surface area contributed by atoms with E-state index in [4.69, 9.17) is 4.99 Å². The number of hydrogen-bond acceptors (Lipinski definition) is 4. The Morgan fingerprint density at radius 2 is 1.59 bits per heavy atom. The molecule has 0 saturated heterocycles. The van der Waals surface area contributed by atoms with E-state index < -0.39 is 10.3 Å². The molecule has 0 aromatic rings. The van der Waals surface area contributed by atoms with E-state index in [2.05, 4.69) is 5.32 Å². The summed E-state index contributed by atoms with van der Waals surface area (Å²) in [6.07, 6.45) is 8.49. The highest BCUT2D eigenvalue weighted by atomic mass is 32.2. The van der Waals surface area contributed by atoms with Gasteiger partial charge in [-0.05, 0) is 40.5 Å². The van der Waals surface area contributed by atoms with Gasteiger partial charge in [0, 0.05) is 11.7 Å². The molecule has 0 unspecified atom stereocenters. The lowest BCUT2D eigenvalue weighted by Crippen LogP contribution is -2.45. The Morgan fingerprint density at radius 1 is 1.09 bits per heavy atom. The quantitative estimate of drug-likeness (QED) is 0.610. The van der Waals surface area contributed by atoms with Crippen molar-refractivity contribution >= 4 is 22.8 Å². The maximum atomic E-state index is 11.5. The topological polar surface area (TPSA) is 61.7 Å². The molecule has 1 saturated carbocycles. The summed E-state index contributed by atoms with van der Waals surface area (Å²) in [4.78, 5) is 16.3. The molecule has 4 nitrogen and oxygen atoms in total. The first kappa shape index (κ1) is 19.5. The second-order valence-electron chi connectivity index (χ2n) is 7.29. The van der Waals surface area contributed by atoms with E-state index in [0.29, 0.717) is 5.17 Å². The van der Waals surface area contributed by atoms with Crippen LogP contribution in [0.2, 0.25) is 0 Å². The molecule has 0 heterocycles. The Balaban J connectivity index is 2.86. The van der Waals surface area contributed by atoms with Crippen LogP contribution >= 0.6 is 11.8 Å². The highest BCUT2D eigenvalue weighted by molar-refractivity contribution is 8.15. The molecule has 22 heavy (non-hydrogen) atoms. The van der Waals surface area contributed by atoms with Crippen LogP contribution in [0.5, 0.6) is 0 Å². The van der Waals surface area contributed by atoms with Gasteiger partial charge in [0.15, 0.2) is 5.17 Å². The lowest BCUT2D eigenvalue weighted by Gasteiger charge is -2.36. The summed E-state index contributed by atoms with van der Waals surface area (Å²) >= 11 is 1.46. The summed E-state index contributed by atoms with van der Waals surface area (Å²) in [5.41, 5.74) is -0.863. The molecule has 5 heteroatoms. The summed E-state index contributed by atoms with van der Waals surface area (Å²) in [7, 11) is 0. The van der Waals surface area contributed by atoms with E-state index in [0.717, 1.165) is 12.8 Å². The van der Waals surface area contributed by atoms with Gasteiger partial charge < -0.3 is 10.4 Å². The van der Waals surface area contributed by atoms with Crippen molar-refractivity contribution < 1.29 is 9.90 Å². The van der Waals surface area contributed by atoms with Crippen molar-refractivity contribution in [1.82, 2.24) is 5.32 Å². The van der Waals surface area contributed by atoms with E-state index >= 15 is 0 Å².